The molecule has 0 aromatic carbocycles. The minimum atomic E-state index is -0.580. The zero-order valence-electron chi connectivity index (χ0n) is 12.0. The van der Waals surface area contributed by atoms with Crippen LogP contribution < -0.4 is 0 Å². The molecular formula is C14H18N4O3. The summed E-state index contributed by atoms with van der Waals surface area (Å²) in [5.41, 5.74) is -0.0300. The van der Waals surface area contributed by atoms with Gasteiger partial charge >= 0.3 is 0 Å². The number of aromatic nitrogens is 2. The second kappa shape index (κ2) is 4.30. The van der Waals surface area contributed by atoms with Gasteiger partial charge in [0.2, 0.25) is 5.91 Å². The number of aryl methyl sites for hydroxylation is 1. The molecule has 7 heteroatoms. The number of ether oxygens (including phenoxy) is 1. The number of hydrogen-bond acceptors (Lipinski definition) is 4. The molecule has 7 nitrogen and oxygen atoms in total. The molecule has 0 radical (unpaired) electrons. The molecule has 1 spiro atoms. The van der Waals surface area contributed by atoms with Gasteiger partial charge in [-0.15, -0.1) is 0 Å². The molecule has 2 amide bonds. The molecule has 4 heterocycles. The summed E-state index contributed by atoms with van der Waals surface area (Å²) in [6.07, 6.45) is 3.55. The van der Waals surface area contributed by atoms with E-state index in [1.54, 1.807) is 28.9 Å². The molecule has 0 saturated carbocycles. The van der Waals surface area contributed by atoms with E-state index in [1.165, 1.54) is 0 Å². The van der Waals surface area contributed by atoms with Gasteiger partial charge in [-0.3, -0.25) is 14.3 Å². The van der Waals surface area contributed by atoms with Crippen molar-refractivity contribution in [1.82, 2.24) is 19.6 Å². The molecule has 0 unspecified atom stereocenters. The summed E-state index contributed by atoms with van der Waals surface area (Å²) in [6.45, 7) is 2.02. The van der Waals surface area contributed by atoms with Crippen molar-refractivity contribution in [3.63, 3.8) is 0 Å². The van der Waals surface area contributed by atoms with Gasteiger partial charge in [0.25, 0.3) is 5.91 Å². The van der Waals surface area contributed by atoms with E-state index in [4.69, 9.17) is 4.74 Å². The van der Waals surface area contributed by atoms with Crippen LogP contribution in [0, 0.1) is 0 Å². The van der Waals surface area contributed by atoms with E-state index in [1.807, 2.05) is 4.90 Å². The van der Waals surface area contributed by atoms with Crippen molar-refractivity contribution < 1.29 is 14.3 Å². The van der Waals surface area contributed by atoms with Crippen molar-refractivity contribution in [3.8, 4) is 0 Å². The average Bonchev–Trinajstić information content (AvgIpc) is 3.11. The Hall–Kier alpha value is -1.89. The first-order valence-electron chi connectivity index (χ1n) is 7.37. The number of carbonyl (C=O) groups is 2. The largest absolute Gasteiger partial charge is 0.353 e. The highest BCUT2D eigenvalue weighted by Gasteiger charge is 2.61. The van der Waals surface area contributed by atoms with E-state index in [-0.39, 0.29) is 17.9 Å². The Morgan fingerprint density at radius 2 is 2.33 bits per heavy atom. The fourth-order valence-corrected chi connectivity index (χ4v) is 3.92. The highest BCUT2D eigenvalue weighted by Crippen LogP contribution is 2.45. The molecule has 0 N–H and O–H groups in total. The Bertz CT molecular complexity index is 613. The molecule has 3 aliphatic heterocycles. The highest BCUT2D eigenvalue weighted by atomic mass is 16.5. The fraction of sp³-hybridized carbons (Fsp3) is 0.643. The minimum absolute atomic E-state index is 0.0688. The maximum absolute atomic E-state index is 12.7. The number of amides is 2. The Morgan fingerprint density at radius 3 is 3.10 bits per heavy atom. The molecule has 21 heavy (non-hydrogen) atoms. The number of hydrogen-bond donors (Lipinski definition) is 0. The van der Waals surface area contributed by atoms with Crippen LogP contribution in [0.15, 0.2) is 12.3 Å². The van der Waals surface area contributed by atoms with Gasteiger partial charge in [-0.05, 0) is 12.5 Å². The van der Waals surface area contributed by atoms with Crippen LogP contribution in [0.1, 0.15) is 29.8 Å². The lowest BCUT2D eigenvalue weighted by Gasteiger charge is -2.42. The zero-order valence-corrected chi connectivity index (χ0v) is 12.0. The molecule has 4 rings (SSSR count). The van der Waals surface area contributed by atoms with Crippen LogP contribution in [0.25, 0.3) is 0 Å². The predicted octanol–water partition coefficient (Wildman–Crippen LogP) is -0.0165. The van der Waals surface area contributed by atoms with E-state index in [0.29, 0.717) is 31.7 Å². The maximum atomic E-state index is 12.7. The normalized spacial score (nSPS) is 31.5. The lowest BCUT2D eigenvalue weighted by atomic mass is 10.0. The first-order chi connectivity index (χ1) is 10.1. The summed E-state index contributed by atoms with van der Waals surface area (Å²) in [5, 5.41) is 4.05. The van der Waals surface area contributed by atoms with Crippen LogP contribution in [0.3, 0.4) is 0 Å². The summed E-state index contributed by atoms with van der Waals surface area (Å²) in [5.74, 6) is 0.0305. The number of carbonyl (C=O) groups excluding carboxylic acids is 2. The predicted molar refractivity (Wildman–Crippen MR) is 72.3 cm³/mol. The SMILES string of the molecule is Cn1nccc1C(=O)N1CC[C@@]23OCCCN2C(=O)C[C@@H]13. The molecule has 0 bridgehead atoms. The summed E-state index contributed by atoms with van der Waals surface area (Å²) < 4.78 is 7.57. The van der Waals surface area contributed by atoms with Crippen molar-refractivity contribution in [2.45, 2.75) is 31.0 Å². The smallest absolute Gasteiger partial charge is 0.272 e. The summed E-state index contributed by atoms with van der Waals surface area (Å²) >= 11 is 0. The molecular weight excluding hydrogens is 272 g/mol. The van der Waals surface area contributed by atoms with E-state index >= 15 is 0 Å². The molecule has 0 aliphatic carbocycles. The molecule has 112 valence electrons. The highest BCUT2D eigenvalue weighted by molar-refractivity contribution is 5.94. The van der Waals surface area contributed by atoms with Crippen molar-refractivity contribution >= 4 is 11.8 Å². The summed E-state index contributed by atoms with van der Waals surface area (Å²) in [6, 6.07) is 1.54. The number of likely N-dealkylation sites (tertiary alicyclic amines) is 1. The molecule has 2 atom stereocenters. The topological polar surface area (TPSA) is 67.7 Å². The van der Waals surface area contributed by atoms with Gasteiger partial charge in [0.15, 0.2) is 5.72 Å². The van der Waals surface area contributed by atoms with Crippen molar-refractivity contribution in [3.05, 3.63) is 18.0 Å². The quantitative estimate of drug-likeness (QED) is 0.729. The van der Waals surface area contributed by atoms with Gasteiger partial charge in [-0.1, -0.05) is 0 Å². The average molecular weight is 290 g/mol. The number of rotatable bonds is 1. The van der Waals surface area contributed by atoms with Crippen molar-refractivity contribution in [2.75, 3.05) is 19.7 Å². The zero-order chi connectivity index (χ0) is 14.6. The van der Waals surface area contributed by atoms with Gasteiger partial charge in [0.05, 0.1) is 19.1 Å². The lowest BCUT2D eigenvalue weighted by Crippen LogP contribution is -2.56. The Labute approximate surface area is 122 Å². The van der Waals surface area contributed by atoms with Crippen LogP contribution >= 0.6 is 0 Å². The Balaban J connectivity index is 1.67. The summed E-state index contributed by atoms with van der Waals surface area (Å²) in [7, 11) is 1.75. The summed E-state index contributed by atoms with van der Waals surface area (Å²) in [4.78, 5) is 28.6. The lowest BCUT2D eigenvalue weighted by molar-refractivity contribution is -0.179. The molecule has 3 aliphatic rings. The Morgan fingerprint density at radius 1 is 1.48 bits per heavy atom. The van der Waals surface area contributed by atoms with Crippen LogP contribution in [0.2, 0.25) is 0 Å². The van der Waals surface area contributed by atoms with Gasteiger partial charge in [-0.25, -0.2) is 0 Å². The van der Waals surface area contributed by atoms with E-state index < -0.39 is 5.72 Å². The van der Waals surface area contributed by atoms with Gasteiger partial charge in [0.1, 0.15) is 5.69 Å². The second-order valence-electron chi connectivity index (χ2n) is 5.90. The van der Waals surface area contributed by atoms with E-state index in [9.17, 15) is 9.59 Å². The van der Waals surface area contributed by atoms with Gasteiger partial charge < -0.3 is 14.5 Å². The molecule has 1 aromatic heterocycles. The molecule has 1 aromatic rings. The van der Waals surface area contributed by atoms with Crippen LogP contribution in [0.5, 0.6) is 0 Å². The van der Waals surface area contributed by atoms with E-state index in [0.717, 1.165) is 13.0 Å². The Kier molecular flexibility index (Phi) is 2.63. The second-order valence-corrected chi connectivity index (χ2v) is 5.90. The first kappa shape index (κ1) is 12.8. The third-order valence-corrected chi connectivity index (χ3v) is 4.91. The molecule has 3 fully saturated rings. The third kappa shape index (κ3) is 1.61. The van der Waals surface area contributed by atoms with Crippen LogP contribution in [-0.4, -0.2) is 62.9 Å². The fourth-order valence-electron chi connectivity index (χ4n) is 3.92. The first-order valence-corrected chi connectivity index (χ1v) is 7.37. The van der Waals surface area contributed by atoms with E-state index in [2.05, 4.69) is 5.10 Å². The van der Waals surface area contributed by atoms with Crippen LogP contribution in [0.4, 0.5) is 0 Å². The third-order valence-electron chi connectivity index (χ3n) is 4.91. The standard InChI is InChI=1S/C14H18N4O3/c1-16-10(3-5-15-16)13(20)17-7-4-14-11(17)9-12(19)18(14)6-2-8-21-14/h3,5,11H,2,4,6-9H2,1H3/t11-,14+/m1/s1. The van der Waals surface area contributed by atoms with Crippen molar-refractivity contribution in [2.24, 2.45) is 7.05 Å². The monoisotopic (exact) mass is 290 g/mol. The van der Waals surface area contributed by atoms with Crippen molar-refractivity contribution in [1.29, 1.82) is 0 Å². The van der Waals surface area contributed by atoms with Gasteiger partial charge in [-0.2, -0.15) is 5.10 Å². The van der Waals surface area contributed by atoms with Crippen LogP contribution in [-0.2, 0) is 16.6 Å². The minimum Gasteiger partial charge on any atom is -0.353 e. The maximum Gasteiger partial charge on any atom is 0.272 e. The number of nitrogens with zero attached hydrogens (tertiary/aromatic N) is 4. The molecule has 3 saturated heterocycles. The van der Waals surface area contributed by atoms with Gasteiger partial charge in [0, 0.05) is 32.8 Å².